The topological polar surface area (TPSA) is 37.3 Å². The van der Waals surface area contributed by atoms with Gasteiger partial charge >= 0.3 is 0 Å². The first-order valence-electron chi connectivity index (χ1n) is 13.5. The van der Waals surface area contributed by atoms with Crippen LogP contribution in [0.3, 0.4) is 0 Å². The summed E-state index contributed by atoms with van der Waals surface area (Å²) in [7, 11) is 0. The van der Waals surface area contributed by atoms with Crippen molar-refractivity contribution in [3.63, 3.8) is 0 Å². The van der Waals surface area contributed by atoms with E-state index in [-0.39, 0.29) is 17.1 Å². The lowest BCUT2D eigenvalue weighted by Gasteiger charge is -2.73. The molecule has 31 heavy (non-hydrogen) atoms. The summed E-state index contributed by atoms with van der Waals surface area (Å²) in [4.78, 5) is 12.5. The van der Waals surface area contributed by atoms with Gasteiger partial charge in [-0.15, -0.1) is 0 Å². The zero-order chi connectivity index (χ0) is 22.7. The van der Waals surface area contributed by atoms with Crippen LogP contribution >= 0.6 is 0 Å². The van der Waals surface area contributed by atoms with E-state index >= 15 is 0 Å². The van der Waals surface area contributed by atoms with Crippen LogP contribution in [-0.2, 0) is 4.79 Å². The van der Waals surface area contributed by atoms with Gasteiger partial charge in [0.25, 0.3) is 0 Å². The lowest BCUT2D eigenvalue weighted by atomic mass is 9.32. The number of hydrogen-bond donors (Lipinski definition) is 1. The molecule has 0 aromatic carbocycles. The van der Waals surface area contributed by atoms with E-state index in [9.17, 15) is 9.90 Å². The number of aliphatic hydroxyl groups is 1. The average Bonchev–Trinajstić information content (AvgIpc) is 2.94. The van der Waals surface area contributed by atoms with Gasteiger partial charge in [0.2, 0.25) is 0 Å². The van der Waals surface area contributed by atoms with Crippen molar-refractivity contribution in [3.05, 3.63) is 0 Å². The summed E-state index contributed by atoms with van der Waals surface area (Å²) in [5, 5.41) is 11.4. The number of Topliss-reactive ketones (excluding diaryl/α,β-unsaturated/α-hetero) is 1. The van der Waals surface area contributed by atoms with E-state index in [1.54, 1.807) is 6.92 Å². The summed E-state index contributed by atoms with van der Waals surface area (Å²) in [6.07, 6.45) is 13.6. The molecule has 5 fully saturated rings. The Labute approximate surface area is 191 Å². The monoisotopic (exact) mass is 428 g/mol. The first kappa shape index (κ1) is 22.4. The normalized spacial score (nSPS) is 57.9. The van der Waals surface area contributed by atoms with Crippen LogP contribution in [0.1, 0.15) is 119 Å². The first-order valence-corrected chi connectivity index (χ1v) is 13.5. The molecule has 9 atom stereocenters. The Hall–Kier alpha value is -0.370. The van der Waals surface area contributed by atoms with Crippen molar-refractivity contribution in [2.24, 2.45) is 50.7 Å². The van der Waals surface area contributed by atoms with Crippen LogP contribution in [0.25, 0.3) is 0 Å². The zero-order valence-electron chi connectivity index (χ0n) is 21.4. The molecule has 5 rings (SSSR count). The van der Waals surface area contributed by atoms with Gasteiger partial charge < -0.3 is 5.11 Å². The maximum Gasteiger partial charge on any atom is 0.161 e. The number of carbonyl (C=O) groups is 1. The summed E-state index contributed by atoms with van der Waals surface area (Å²) in [5.74, 6) is 2.52. The van der Waals surface area contributed by atoms with Gasteiger partial charge in [-0.25, -0.2) is 0 Å². The Bertz CT molecular complexity index is 786. The van der Waals surface area contributed by atoms with Crippen LogP contribution in [0.4, 0.5) is 0 Å². The average molecular weight is 429 g/mol. The molecule has 176 valence electrons. The quantitative estimate of drug-likeness (QED) is 0.480. The molecule has 0 unspecified atom stereocenters. The predicted molar refractivity (Wildman–Crippen MR) is 127 cm³/mol. The largest absolute Gasteiger partial charge is 0.382 e. The SMILES string of the molecule is CC(=O)[C@@]1(O)CC[C@@]2(C)[C@H]1CC[C@]1(C)[C@@H]2CC[C@@H]2[C@@]3(C)CCCC(C)(C)[C@@H]3CC[C@]21C. The Morgan fingerprint density at radius 3 is 1.71 bits per heavy atom. The van der Waals surface area contributed by atoms with Gasteiger partial charge in [0.05, 0.1) is 0 Å². The molecular weight excluding hydrogens is 380 g/mol. The van der Waals surface area contributed by atoms with Crippen molar-refractivity contribution >= 4 is 5.78 Å². The molecule has 0 aliphatic heterocycles. The Morgan fingerprint density at radius 1 is 0.645 bits per heavy atom. The molecule has 2 nitrogen and oxygen atoms in total. The van der Waals surface area contributed by atoms with Crippen molar-refractivity contribution in [1.29, 1.82) is 0 Å². The van der Waals surface area contributed by atoms with Crippen LogP contribution in [0.15, 0.2) is 0 Å². The molecule has 0 heterocycles. The fraction of sp³-hybridized carbons (Fsp3) is 0.966. The molecule has 0 radical (unpaired) electrons. The molecule has 1 N–H and O–H groups in total. The van der Waals surface area contributed by atoms with Crippen molar-refractivity contribution in [3.8, 4) is 0 Å². The summed E-state index contributed by atoms with van der Waals surface area (Å²) >= 11 is 0. The van der Waals surface area contributed by atoms with Crippen LogP contribution in [0, 0.1) is 50.7 Å². The van der Waals surface area contributed by atoms with E-state index in [2.05, 4.69) is 41.5 Å². The molecule has 0 bridgehead atoms. The molecule has 5 saturated carbocycles. The second-order valence-corrected chi connectivity index (χ2v) is 14.5. The van der Waals surface area contributed by atoms with Gasteiger partial charge in [0.1, 0.15) is 5.60 Å². The van der Waals surface area contributed by atoms with E-state index < -0.39 is 5.60 Å². The fourth-order valence-corrected chi connectivity index (χ4v) is 11.8. The zero-order valence-corrected chi connectivity index (χ0v) is 21.4. The van der Waals surface area contributed by atoms with E-state index in [1.165, 1.54) is 51.4 Å². The third-order valence-corrected chi connectivity index (χ3v) is 13.4. The molecule has 2 heteroatoms. The van der Waals surface area contributed by atoms with E-state index in [1.807, 2.05) is 0 Å². The molecule has 5 aliphatic carbocycles. The van der Waals surface area contributed by atoms with Gasteiger partial charge in [-0.05, 0) is 116 Å². The number of carbonyl (C=O) groups excluding carboxylic acids is 1. The van der Waals surface area contributed by atoms with Crippen molar-refractivity contribution in [2.45, 2.75) is 125 Å². The highest BCUT2D eigenvalue weighted by Crippen LogP contribution is 2.78. The minimum Gasteiger partial charge on any atom is -0.382 e. The molecule has 5 aliphatic rings. The Kier molecular flexibility index (Phi) is 4.63. The third-order valence-electron chi connectivity index (χ3n) is 13.4. The van der Waals surface area contributed by atoms with E-state index in [0.717, 1.165) is 24.7 Å². The van der Waals surface area contributed by atoms with Gasteiger partial charge in [0.15, 0.2) is 5.78 Å². The highest BCUT2D eigenvalue weighted by molar-refractivity contribution is 5.85. The van der Waals surface area contributed by atoms with Crippen LogP contribution < -0.4 is 0 Å². The van der Waals surface area contributed by atoms with Gasteiger partial charge in [-0.1, -0.05) is 48.0 Å². The number of ketones is 1. The summed E-state index contributed by atoms with van der Waals surface area (Å²) in [6, 6.07) is 0. The van der Waals surface area contributed by atoms with Gasteiger partial charge in [-0.2, -0.15) is 0 Å². The van der Waals surface area contributed by atoms with Crippen molar-refractivity contribution < 1.29 is 9.90 Å². The standard InChI is InChI=1S/C29H48O2/c1-19(30)29(31)18-17-26(5)22-10-9-21-25(4)14-8-13-24(2,3)20(25)11-15-27(21,6)28(22,7)16-12-23(26)29/h20-23,31H,8-18H2,1-7H3/t20-,21+,22+,23+,25-,26+,27+,28+,29-/m0/s1. The summed E-state index contributed by atoms with van der Waals surface area (Å²) in [6.45, 7) is 17.2. The minimum absolute atomic E-state index is 0.0159. The van der Waals surface area contributed by atoms with E-state index in [0.29, 0.717) is 34.0 Å². The Balaban J connectivity index is 1.54. The van der Waals surface area contributed by atoms with Crippen LogP contribution in [-0.4, -0.2) is 16.5 Å². The number of fused-ring (bicyclic) bond motifs is 7. The summed E-state index contributed by atoms with van der Waals surface area (Å²) in [5.41, 5.74) is 0.740. The molecule has 0 saturated heterocycles. The van der Waals surface area contributed by atoms with Gasteiger partial charge in [0, 0.05) is 5.92 Å². The molecule has 0 amide bonds. The van der Waals surface area contributed by atoms with Gasteiger partial charge in [-0.3, -0.25) is 4.79 Å². The lowest BCUT2D eigenvalue weighted by Crippen LogP contribution is -2.66. The molecule has 0 spiro atoms. The lowest BCUT2D eigenvalue weighted by molar-refractivity contribution is -0.245. The predicted octanol–water partition coefficient (Wildman–Crippen LogP) is 7.18. The Morgan fingerprint density at radius 2 is 1.16 bits per heavy atom. The smallest absolute Gasteiger partial charge is 0.161 e. The second-order valence-electron chi connectivity index (χ2n) is 14.5. The third kappa shape index (κ3) is 2.53. The molecular formula is C29H48O2. The van der Waals surface area contributed by atoms with E-state index in [4.69, 9.17) is 0 Å². The maximum atomic E-state index is 12.5. The van der Waals surface area contributed by atoms with Crippen molar-refractivity contribution in [1.82, 2.24) is 0 Å². The fourth-order valence-electron chi connectivity index (χ4n) is 11.8. The van der Waals surface area contributed by atoms with Crippen molar-refractivity contribution in [2.75, 3.05) is 0 Å². The number of rotatable bonds is 1. The summed E-state index contributed by atoms with van der Waals surface area (Å²) < 4.78 is 0. The first-order chi connectivity index (χ1) is 14.3. The second kappa shape index (κ2) is 6.39. The highest BCUT2D eigenvalue weighted by Gasteiger charge is 2.72. The molecule has 0 aromatic heterocycles. The highest BCUT2D eigenvalue weighted by atomic mass is 16.3. The maximum absolute atomic E-state index is 12.5. The van der Waals surface area contributed by atoms with Crippen LogP contribution in [0.2, 0.25) is 0 Å². The van der Waals surface area contributed by atoms with Crippen LogP contribution in [0.5, 0.6) is 0 Å². The minimum atomic E-state index is -1.06. The number of hydrogen-bond acceptors (Lipinski definition) is 2. The molecule has 0 aromatic rings.